The van der Waals surface area contributed by atoms with Gasteiger partial charge in [0, 0.05) is 18.9 Å². The van der Waals surface area contributed by atoms with Gasteiger partial charge in [-0.15, -0.1) is 11.3 Å². The van der Waals surface area contributed by atoms with E-state index >= 15 is 0 Å². The third-order valence-corrected chi connectivity index (χ3v) is 4.98. The van der Waals surface area contributed by atoms with Gasteiger partial charge >= 0.3 is 0 Å². The second-order valence-electron chi connectivity index (χ2n) is 5.45. The summed E-state index contributed by atoms with van der Waals surface area (Å²) in [4.78, 5) is 21.7. The Balaban J connectivity index is 1.68. The van der Waals surface area contributed by atoms with Gasteiger partial charge in [-0.05, 0) is 25.2 Å². The third kappa shape index (κ3) is 2.98. The van der Waals surface area contributed by atoms with E-state index in [4.69, 9.17) is 5.73 Å². The molecule has 0 spiro atoms. The van der Waals surface area contributed by atoms with Crippen LogP contribution >= 0.6 is 11.3 Å². The molecule has 1 fully saturated rings. The Kier molecular flexibility index (Phi) is 4.03. The summed E-state index contributed by atoms with van der Waals surface area (Å²) in [5.41, 5.74) is 6.95. The van der Waals surface area contributed by atoms with E-state index in [0.717, 1.165) is 25.7 Å². The van der Waals surface area contributed by atoms with Crippen LogP contribution in [0.1, 0.15) is 35.4 Å². The number of rotatable bonds is 3. The second kappa shape index (κ2) is 5.95. The summed E-state index contributed by atoms with van der Waals surface area (Å²) in [6.45, 7) is 0.574. The van der Waals surface area contributed by atoms with Crippen molar-refractivity contribution in [2.75, 3.05) is 12.3 Å². The lowest BCUT2D eigenvalue weighted by atomic mass is 9.87. The molecule has 112 valence electrons. The smallest absolute Gasteiger partial charge is 0.263 e. The highest BCUT2D eigenvalue weighted by atomic mass is 32.1. The van der Waals surface area contributed by atoms with Crippen LogP contribution in [-0.2, 0) is 0 Å². The number of hydrogen-bond donors (Lipinski definition) is 3. The normalized spacial score (nSPS) is 22.3. The Morgan fingerprint density at radius 2 is 2.24 bits per heavy atom. The van der Waals surface area contributed by atoms with E-state index < -0.39 is 0 Å². The maximum Gasteiger partial charge on any atom is 0.263 e. The maximum absolute atomic E-state index is 12.3. The summed E-state index contributed by atoms with van der Waals surface area (Å²) in [5.74, 6) is 0.155. The zero-order valence-electron chi connectivity index (χ0n) is 11.6. The summed E-state index contributed by atoms with van der Waals surface area (Å²) >= 11 is 1.26. The van der Waals surface area contributed by atoms with Crippen molar-refractivity contribution in [1.29, 1.82) is 0 Å². The molecule has 2 aromatic heterocycles. The second-order valence-corrected chi connectivity index (χ2v) is 6.45. The lowest BCUT2D eigenvalue weighted by molar-refractivity contribution is 0.0877. The minimum atomic E-state index is -0.233. The predicted molar refractivity (Wildman–Crippen MR) is 82.1 cm³/mol. The number of carbonyl (C=O) groups excluding carboxylic acids is 1. The number of nitrogens with zero attached hydrogens (tertiary/aromatic N) is 2. The molecule has 0 bridgehead atoms. The minimum Gasteiger partial charge on any atom is -0.396 e. The number of nitrogens with two attached hydrogens (primary N) is 1. The molecule has 2 aromatic rings. The largest absolute Gasteiger partial charge is 0.396 e. The maximum atomic E-state index is 12.3. The molecular formula is C14H18N4O2S. The molecule has 0 aromatic carbocycles. The van der Waals surface area contributed by atoms with Crippen molar-refractivity contribution in [2.45, 2.75) is 31.8 Å². The number of anilines is 1. The lowest BCUT2D eigenvalue weighted by Crippen LogP contribution is -2.32. The van der Waals surface area contributed by atoms with E-state index in [2.05, 4.69) is 15.3 Å². The predicted octanol–water partition coefficient (Wildman–Crippen LogP) is 1.55. The molecule has 1 saturated carbocycles. The van der Waals surface area contributed by atoms with Gasteiger partial charge in [-0.3, -0.25) is 4.79 Å². The fraction of sp³-hybridized carbons (Fsp3) is 0.500. The topological polar surface area (TPSA) is 101 Å². The summed E-state index contributed by atoms with van der Waals surface area (Å²) in [5, 5.41) is 12.6. The van der Waals surface area contributed by atoms with Crippen molar-refractivity contribution in [2.24, 2.45) is 5.92 Å². The van der Waals surface area contributed by atoms with Gasteiger partial charge in [0.2, 0.25) is 0 Å². The SMILES string of the molecule is Nc1c(C(=O)NCC2CCCC(O)C2)sc2nccnc12. The number of carbonyl (C=O) groups is 1. The Hall–Kier alpha value is -1.73. The number of fused-ring (bicyclic) bond motifs is 1. The third-order valence-electron chi connectivity index (χ3n) is 3.88. The quantitative estimate of drug-likeness (QED) is 0.798. The first-order valence-corrected chi connectivity index (χ1v) is 7.92. The molecule has 1 aliphatic carbocycles. The van der Waals surface area contributed by atoms with Gasteiger partial charge in [-0.25, -0.2) is 9.97 Å². The molecule has 2 atom stereocenters. The van der Waals surface area contributed by atoms with Crippen molar-refractivity contribution < 1.29 is 9.90 Å². The molecule has 2 heterocycles. The lowest BCUT2D eigenvalue weighted by Gasteiger charge is -2.25. The monoisotopic (exact) mass is 306 g/mol. The minimum absolute atomic E-state index is 0.183. The number of nitrogen functional groups attached to an aromatic ring is 1. The Labute approximate surface area is 126 Å². The summed E-state index contributed by atoms with van der Waals surface area (Å²) in [6, 6.07) is 0. The fourth-order valence-corrected chi connectivity index (χ4v) is 3.72. The zero-order valence-corrected chi connectivity index (χ0v) is 12.4. The first kappa shape index (κ1) is 14.2. The van der Waals surface area contributed by atoms with Gasteiger partial charge in [-0.1, -0.05) is 6.42 Å². The molecule has 1 aliphatic rings. The van der Waals surface area contributed by atoms with Crippen LogP contribution < -0.4 is 11.1 Å². The molecule has 6 nitrogen and oxygen atoms in total. The van der Waals surface area contributed by atoms with E-state index in [9.17, 15) is 9.90 Å². The summed E-state index contributed by atoms with van der Waals surface area (Å²) in [7, 11) is 0. The molecule has 0 saturated heterocycles. The van der Waals surface area contributed by atoms with E-state index in [0.29, 0.717) is 33.4 Å². The molecule has 4 N–H and O–H groups in total. The van der Waals surface area contributed by atoms with Crippen LogP contribution in [0, 0.1) is 5.92 Å². The van der Waals surface area contributed by atoms with E-state index in [1.807, 2.05) is 0 Å². The number of amides is 1. The average Bonchev–Trinajstić information content (AvgIpc) is 2.83. The highest BCUT2D eigenvalue weighted by Crippen LogP contribution is 2.30. The van der Waals surface area contributed by atoms with E-state index in [1.165, 1.54) is 11.3 Å². The van der Waals surface area contributed by atoms with Crippen LogP contribution in [0.15, 0.2) is 12.4 Å². The number of aliphatic hydroxyl groups excluding tert-OH is 1. The number of aromatic nitrogens is 2. The van der Waals surface area contributed by atoms with Crippen molar-refractivity contribution in [3.63, 3.8) is 0 Å². The van der Waals surface area contributed by atoms with Crippen LogP contribution in [0.2, 0.25) is 0 Å². The van der Waals surface area contributed by atoms with Crippen LogP contribution in [0.5, 0.6) is 0 Å². The van der Waals surface area contributed by atoms with Crippen LogP contribution in [-0.4, -0.2) is 33.6 Å². The highest BCUT2D eigenvalue weighted by Gasteiger charge is 2.22. The first-order chi connectivity index (χ1) is 10.1. The van der Waals surface area contributed by atoms with Crippen LogP contribution in [0.25, 0.3) is 10.3 Å². The molecular weight excluding hydrogens is 288 g/mol. The van der Waals surface area contributed by atoms with Crippen molar-refractivity contribution in [3.05, 3.63) is 17.3 Å². The van der Waals surface area contributed by atoms with Crippen molar-refractivity contribution >= 4 is 33.3 Å². The zero-order chi connectivity index (χ0) is 14.8. The average molecular weight is 306 g/mol. The number of aliphatic hydroxyl groups is 1. The number of nitrogens with one attached hydrogen (secondary N) is 1. The number of thiophene rings is 1. The van der Waals surface area contributed by atoms with Crippen molar-refractivity contribution in [3.8, 4) is 0 Å². The van der Waals surface area contributed by atoms with Gasteiger partial charge in [0.15, 0.2) is 0 Å². The Morgan fingerprint density at radius 3 is 3.00 bits per heavy atom. The summed E-state index contributed by atoms with van der Waals surface area (Å²) < 4.78 is 0. The fourth-order valence-electron chi connectivity index (χ4n) is 2.78. The molecule has 3 rings (SSSR count). The van der Waals surface area contributed by atoms with Crippen molar-refractivity contribution in [1.82, 2.24) is 15.3 Å². The molecule has 1 amide bonds. The summed E-state index contributed by atoms with van der Waals surface area (Å²) in [6.07, 6.45) is 6.60. The van der Waals surface area contributed by atoms with E-state index in [-0.39, 0.29) is 12.0 Å². The van der Waals surface area contributed by atoms with Gasteiger partial charge in [0.05, 0.1) is 11.8 Å². The molecule has 2 unspecified atom stereocenters. The van der Waals surface area contributed by atoms with Crippen LogP contribution in [0.4, 0.5) is 5.69 Å². The Bertz CT molecular complexity index is 657. The molecule has 0 radical (unpaired) electrons. The van der Waals surface area contributed by atoms with Gasteiger partial charge in [0.25, 0.3) is 5.91 Å². The van der Waals surface area contributed by atoms with Gasteiger partial charge < -0.3 is 16.2 Å². The molecule has 7 heteroatoms. The van der Waals surface area contributed by atoms with E-state index in [1.54, 1.807) is 12.4 Å². The standard InChI is InChI=1S/C14H18N4O2S/c15-10-11-14(17-5-4-16-11)21-12(10)13(20)18-7-8-2-1-3-9(19)6-8/h4-5,8-9,19H,1-3,6-7,15H2,(H,18,20). The van der Waals surface area contributed by atoms with Gasteiger partial charge in [0.1, 0.15) is 15.2 Å². The molecule has 0 aliphatic heterocycles. The number of hydrogen-bond acceptors (Lipinski definition) is 6. The Morgan fingerprint density at radius 1 is 1.43 bits per heavy atom. The highest BCUT2D eigenvalue weighted by molar-refractivity contribution is 7.21. The first-order valence-electron chi connectivity index (χ1n) is 7.10. The molecule has 21 heavy (non-hydrogen) atoms. The van der Waals surface area contributed by atoms with Gasteiger partial charge in [-0.2, -0.15) is 0 Å². The van der Waals surface area contributed by atoms with Crippen LogP contribution in [0.3, 0.4) is 0 Å².